The summed E-state index contributed by atoms with van der Waals surface area (Å²) in [5.41, 5.74) is 0.287. The molecule has 1 atom stereocenters. The number of amides is 1. The van der Waals surface area contributed by atoms with Crippen LogP contribution in [-0.4, -0.2) is 38.8 Å². The van der Waals surface area contributed by atoms with Crippen molar-refractivity contribution in [1.29, 1.82) is 0 Å². The first kappa shape index (κ1) is 18.0. The van der Waals surface area contributed by atoms with Crippen molar-refractivity contribution in [3.05, 3.63) is 55.0 Å². The van der Waals surface area contributed by atoms with Crippen LogP contribution in [0.1, 0.15) is 55.2 Å². The van der Waals surface area contributed by atoms with Gasteiger partial charge in [-0.25, -0.2) is 9.78 Å². The molecule has 0 bridgehead atoms. The van der Waals surface area contributed by atoms with Gasteiger partial charge in [-0.2, -0.15) is 0 Å². The number of aromatic carboxylic acids is 1. The first-order chi connectivity index (χ1) is 12.3. The van der Waals surface area contributed by atoms with Gasteiger partial charge in [-0.05, 0) is 32.3 Å². The van der Waals surface area contributed by atoms with Gasteiger partial charge in [-0.1, -0.05) is 0 Å². The van der Waals surface area contributed by atoms with E-state index in [9.17, 15) is 19.7 Å². The number of nitro groups is 1. The predicted molar refractivity (Wildman–Crippen MR) is 94.7 cm³/mol. The molecule has 9 heteroatoms. The molecule has 1 aromatic heterocycles. The van der Waals surface area contributed by atoms with Crippen LogP contribution in [-0.2, 0) is 6.42 Å². The summed E-state index contributed by atoms with van der Waals surface area (Å²) in [5.74, 6) is -1.76. The molecule has 1 N–H and O–H groups in total. The number of fused-ring (bicyclic) bond motifs is 1. The van der Waals surface area contributed by atoms with Gasteiger partial charge in [0.1, 0.15) is 0 Å². The van der Waals surface area contributed by atoms with E-state index in [1.54, 1.807) is 18.4 Å². The van der Waals surface area contributed by atoms with Gasteiger partial charge in [0.15, 0.2) is 0 Å². The van der Waals surface area contributed by atoms with Gasteiger partial charge in [0, 0.05) is 24.7 Å². The van der Waals surface area contributed by atoms with Crippen molar-refractivity contribution >= 4 is 28.9 Å². The smallest absolute Gasteiger partial charge is 0.335 e. The number of carboxylic acid groups (broad SMARTS) is 1. The third kappa shape index (κ3) is 3.30. The Morgan fingerprint density at radius 2 is 2.04 bits per heavy atom. The van der Waals surface area contributed by atoms with Gasteiger partial charge < -0.3 is 10.0 Å². The van der Waals surface area contributed by atoms with E-state index in [-0.39, 0.29) is 17.2 Å². The average Bonchev–Trinajstić information content (AvgIpc) is 3.00. The molecule has 1 aliphatic rings. The van der Waals surface area contributed by atoms with Crippen LogP contribution in [0.25, 0.3) is 0 Å². The van der Waals surface area contributed by atoms with Crippen LogP contribution < -0.4 is 0 Å². The third-order valence-electron chi connectivity index (χ3n) is 4.44. The highest BCUT2D eigenvalue weighted by Crippen LogP contribution is 2.38. The molecule has 0 radical (unpaired) electrons. The van der Waals surface area contributed by atoms with Crippen LogP contribution in [0.3, 0.4) is 0 Å². The topological polar surface area (TPSA) is 114 Å². The molecule has 8 nitrogen and oxygen atoms in total. The standard InChI is InChI=1S/C17H17N3O5S/c1-9-18-13-4-3-5-14(15(13)26-9)19(2)16(21)10-6-11(17(22)23)8-12(7-10)20(24)25/h6-8,14H,3-5H2,1-2H3,(H,22,23). The summed E-state index contributed by atoms with van der Waals surface area (Å²) in [4.78, 5) is 41.6. The summed E-state index contributed by atoms with van der Waals surface area (Å²) in [5, 5.41) is 21.2. The largest absolute Gasteiger partial charge is 0.478 e. The lowest BCUT2D eigenvalue weighted by Crippen LogP contribution is -2.33. The Balaban J connectivity index is 1.97. The van der Waals surface area contributed by atoms with Gasteiger partial charge in [-0.3, -0.25) is 14.9 Å². The highest BCUT2D eigenvalue weighted by molar-refractivity contribution is 7.11. The lowest BCUT2D eigenvalue weighted by molar-refractivity contribution is -0.384. The zero-order valence-corrected chi connectivity index (χ0v) is 15.1. The molecule has 0 aliphatic heterocycles. The number of rotatable bonds is 4. The Morgan fingerprint density at radius 1 is 1.35 bits per heavy atom. The Hall–Kier alpha value is -2.81. The monoisotopic (exact) mass is 375 g/mol. The van der Waals surface area contributed by atoms with E-state index >= 15 is 0 Å². The Labute approximate surface area is 153 Å². The maximum Gasteiger partial charge on any atom is 0.335 e. The van der Waals surface area contributed by atoms with Crippen molar-refractivity contribution in [2.75, 3.05) is 7.05 Å². The molecule has 0 fully saturated rings. The van der Waals surface area contributed by atoms with Crippen molar-refractivity contribution in [1.82, 2.24) is 9.88 Å². The molecule has 2 aromatic rings. The van der Waals surface area contributed by atoms with Gasteiger partial charge in [0.25, 0.3) is 11.6 Å². The van der Waals surface area contributed by atoms with Gasteiger partial charge in [0.05, 0.1) is 32.1 Å². The Kier molecular flexibility index (Phi) is 4.73. The zero-order valence-electron chi connectivity index (χ0n) is 14.3. The zero-order chi connectivity index (χ0) is 19.0. The fraction of sp³-hybridized carbons (Fsp3) is 0.353. The van der Waals surface area contributed by atoms with E-state index in [0.29, 0.717) is 0 Å². The molecule has 1 unspecified atom stereocenters. The predicted octanol–water partition coefficient (Wildman–Crippen LogP) is 3.21. The highest BCUT2D eigenvalue weighted by Gasteiger charge is 2.31. The van der Waals surface area contributed by atoms with Gasteiger partial charge >= 0.3 is 5.97 Å². The summed E-state index contributed by atoms with van der Waals surface area (Å²) < 4.78 is 0. The quantitative estimate of drug-likeness (QED) is 0.648. The minimum atomic E-state index is -1.32. The highest BCUT2D eigenvalue weighted by atomic mass is 32.1. The van der Waals surface area contributed by atoms with Crippen molar-refractivity contribution in [3.8, 4) is 0 Å². The summed E-state index contributed by atoms with van der Waals surface area (Å²) >= 11 is 1.55. The van der Waals surface area contributed by atoms with Crippen LogP contribution in [0.15, 0.2) is 18.2 Å². The molecule has 3 rings (SSSR count). The second-order valence-electron chi connectivity index (χ2n) is 6.20. The van der Waals surface area contributed by atoms with E-state index in [2.05, 4.69) is 4.98 Å². The maximum absolute atomic E-state index is 12.9. The van der Waals surface area contributed by atoms with E-state index in [4.69, 9.17) is 5.11 Å². The first-order valence-corrected chi connectivity index (χ1v) is 8.85. The second-order valence-corrected chi connectivity index (χ2v) is 7.43. The summed E-state index contributed by atoms with van der Waals surface area (Å²) in [6.07, 6.45) is 2.55. The molecule has 1 heterocycles. The minimum Gasteiger partial charge on any atom is -0.478 e. The molecular formula is C17H17N3O5S. The van der Waals surface area contributed by atoms with Crippen molar-refractivity contribution in [2.24, 2.45) is 0 Å². The number of thiazole rings is 1. The van der Waals surface area contributed by atoms with E-state index in [0.717, 1.165) is 47.0 Å². The number of carboxylic acids is 1. The Bertz CT molecular complexity index is 876. The summed E-state index contributed by atoms with van der Waals surface area (Å²) in [7, 11) is 1.64. The molecule has 26 heavy (non-hydrogen) atoms. The minimum absolute atomic E-state index is 0.00698. The number of benzene rings is 1. The molecule has 0 saturated heterocycles. The van der Waals surface area contributed by atoms with E-state index in [1.165, 1.54) is 11.0 Å². The number of hydrogen-bond donors (Lipinski definition) is 1. The van der Waals surface area contributed by atoms with Crippen LogP contribution in [0.4, 0.5) is 5.69 Å². The van der Waals surface area contributed by atoms with Crippen LogP contribution in [0.5, 0.6) is 0 Å². The summed E-state index contributed by atoms with van der Waals surface area (Å²) in [6, 6.07) is 3.08. The SMILES string of the molecule is Cc1nc2c(s1)C(N(C)C(=O)c1cc(C(=O)O)cc([N+](=O)[O-])c1)CCC2. The molecule has 0 spiro atoms. The number of hydrogen-bond acceptors (Lipinski definition) is 6. The van der Waals surface area contributed by atoms with E-state index in [1.807, 2.05) is 6.92 Å². The number of aromatic nitrogens is 1. The van der Waals surface area contributed by atoms with Crippen molar-refractivity contribution in [2.45, 2.75) is 32.2 Å². The van der Waals surface area contributed by atoms with E-state index < -0.39 is 22.5 Å². The third-order valence-corrected chi connectivity index (χ3v) is 5.55. The lowest BCUT2D eigenvalue weighted by Gasteiger charge is -2.30. The molecule has 1 amide bonds. The lowest BCUT2D eigenvalue weighted by atomic mass is 9.96. The molecule has 1 aromatic carbocycles. The van der Waals surface area contributed by atoms with Crippen LogP contribution in [0, 0.1) is 17.0 Å². The number of aryl methyl sites for hydroxylation is 2. The van der Waals surface area contributed by atoms with Gasteiger partial charge in [-0.15, -0.1) is 11.3 Å². The number of carbonyl (C=O) groups is 2. The van der Waals surface area contributed by atoms with Crippen LogP contribution >= 0.6 is 11.3 Å². The van der Waals surface area contributed by atoms with Crippen molar-refractivity contribution < 1.29 is 19.6 Å². The Morgan fingerprint density at radius 3 is 2.69 bits per heavy atom. The molecule has 1 aliphatic carbocycles. The number of carbonyl (C=O) groups excluding carboxylic acids is 1. The molecule has 136 valence electrons. The number of nitrogens with zero attached hydrogens (tertiary/aromatic N) is 3. The fourth-order valence-corrected chi connectivity index (χ4v) is 4.35. The van der Waals surface area contributed by atoms with Crippen molar-refractivity contribution in [3.63, 3.8) is 0 Å². The van der Waals surface area contributed by atoms with Gasteiger partial charge in [0.2, 0.25) is 0 Å². The molecule has 0 saturated carbocycles. The number of nitro benzene ring substituents is 1. The van der Waals surface area contributed by atoms with Crippen LogP contribution in [0.2, 0.25) is 0 Å². The summed E-state index contributed by atoms with van der Waals surface area (Å²) in [6.45, 7) is 1.92. The maximum atomic E-state index is 12.9. The number of non-ortho nitro benzene ring substituents is 1. The first-order valence-electron chi connectivity index (χ1n) is 8.04. The second kappa shape index (κ2) is 6.83. The fourth-order valence-electron chi connectivity index (χ4n) is 3.20. The molecular weight excluding hydrogens is 358 g/mol. The normalized spacial score (nSPS) is 16.0. The average molecular weight is 375 g/mol.